The van der Waals surface area contributed by atoms with Crippen molar-refractivity contribution in [1.29, 1.82) is 0 Å². The monoisotopic (exact) mass is 319 g/mol. The van der Waals surface area contributed by atoms with Gasteiger partial charge in [-0.1, -0.05) is 30.3 Å². The highest BCUT2D eigenvalue weighted by Crippen LogP contribution is 2.31. The van der Waals surface area contributed by atoms with Gasteiger partial charge in [-0.2, -0.15) is 13.2 Å². The van der Waals surface area contributed by atoms with Crippen LogP contribution >= 0.6 is 0 Å². The maximum absolute atomic E-state index is 12.5. The number of hydrogen-bond donors (Lipinski definition) is 2. The Hall–Kier alpha value is -1.15. The quantitative estimate of drug-likeness (QED) is 0.816. The van der Waals surface area contributed by atoms with E-state index in [-0.39, 0.29) is 32.5 Å². The summed E-state index contributed by atoms with van der Waals surface area (Å²) in [4.78, 5) is 1.57. The van der Waals surface area contributed by atoms with Crippen molar-refractivity contribution in [2.75, 3.05) is 13.1 Å². The Morgan fingerprint density at radius 1 is 1.14 bits per heavy atom. The fraction of sp³-hybridized carbons (Fsp3) is 0.600. The standard InChI is InChI=1S/C15H20F3NO3/c16-15(17,18)13(20)12-6-8-19(9-7-12)14(21)22-10-11-4-2-1-3-5-11/h1-5,12-14,20-21H,6-10H2. The summed E-state index contributed by atoms with van der Waals surface area (Å²) in [6, 6.07) is 9.30. The van der Waals surface area contributed by atoms with Crippen LogP contribution in [0.15, 0.2) is 30.3 Å². The van der Waals surface area contributed by atoms with Gasteiger partial charge in [-0.25, -0.2) is 0 Å². The van der Waals surface area contributed by atoms with Crippen molar-refractivity contribution in [3.63, 3.8) is 0 Å². The molecule has 0 amide bonds. The highest BCUT2D eigenvalue weighted by atomic mass is 19.4. The molecule has 1 aliphatic rings. The number of alkyl halides is 3. The third kappa shape index (κ3) is 4.67. The van der Waals surface area contributed by atoms with Crippen molar-refractivity contribution in [2.45, 2.75) is 38.1 Å². The number of aliphatic hydroxyl groups excluding tert-OH is 2. The molecular weight excluding hydrogens is 299 g/mol. The van der Waals surface area contributed by atoms with Gasteiger partial charge in [0.15, 0.2) is 6.10 Å². The van der Waals surface area contributed by atoms with E-state index in [0.29, 0.717) is 0 Å². The van der Waals surface area contributed by atoms with Crippen molar-refractivity contribution < 1.29 is 28.1 Å². The van der Waals surface area contributed by atoms with E-state index in [1.165, 1.54) is 0 Å². The lowest BCUT2D eigenvalue weighted by atomic mass is 9.91. The topological polar surface area (TPSA) is 52.9 Å². The molecule has 0 bridgehead atoms. The summed E-state index contributed by atoms with van der Waals surface area (Å²) < 4.78 is 42.7. The molecule has 1 fully saturated rings. The van der Waals surface area contributed by atoms with Crippen LogP contribution in [0.2, 0.25) is 0 Å². The Balaban J connectivity index is 1.76. The normalized spacial score (nSPS) is 20.8. The minimum absolute atomic E-state index is 0.173. The second kappa shape index (κ2) is 7.41. The van der Waals surface area contributed by atoms with Crippen LogP contribution in [0, 0.1) is 5.92 Å². The van der Waals surface area contributed by atoms with Gasteiger partial charge in [-0.15, -0.1) is 0 Å². The molecule has 1 aromatic carbocycles. The molecule has 7 heteroatoms. The predicted octanol–water partition coefficient (Wildman–Crippen LogP) is 2.11. The van der Waals surface area contributed by atoms with Crippen molar-refractivity contribution in [1.82, 2.24) is 4.90 Å². The molecule has 2 atom stereocenters. The molecule has 0 radical (unpaired) electrons. The summed E-state index contributed by atoms with van der Waals surface area (Å²) in [6.07, 6.45) is -7.69. The number of benzene rings is 1. The summed E-state index contributed by atoms with van der Waals surface area (Å²) in [5.41, 5.74) is 0.906. The zero-order chi connectivity index (χ0) is 16.2. The van der Waals surface area contributed by atoms with Gasteiger partial charge in [0.1, 0.15) is 0 Å². The number of halogens is 3. The zero-order valence-corrected chi connectivity index (χ0v) is 12.0. The Morgan fingerprint density at radius 3 is 2.27 bits per heavy atom. The van der Waals surface area contributed by atoms with Gasteiger partial charge >= 0.3 is 6.18 Å². The van der Waals surface area contributed by atoms with Crippen LogP contribution < -0.4 is 0 Å². The number of ether oxygens (including phenoxy) is 1. The molecule has 2 unspecified atom stereocenters. The molecule has 0 aliphatic carbocycles. The number of piperidine rings is 1. The van der Waals surface area contributed by atoms with Crippen LogP contribution in [-0.4, -0.2) is 46.9 Å². The molecule has 0 aromatic heterocycles. The first kappa shape index (κ1) is 17.2. The largest absolute Gasteiger partial charge is 0.414 e. The fourth-order valence-electron chi connectivity index (χ4n) is 2.57. The van der Waals surface area contributed by atoms with Gasteiger partial charge < -0.3 is 14.9 Å². The van der Waals surface area contributed by atoms with E-state index < -0.39 is 24.6 Å². The average molecular weight is 319 g/mol. The number of rotatable bonds is 5. The van der Waals surface area contributed by atoms with Crippen molar-refractivity contribution in [2.24, 2.45) is 5.92 Å². The molecule has 2 rings (SSSR count). The van der Waals surface area contributed by atoms with Crippen LogP contribution in [0.25, 0.3) is 0 Å². The van der Waals surface area contributed by atoms with Gasteiger partial charge in [-0.05, 0) is 24.3 Å². The van der Waals surface area contributed by atoms with E-state index in [1.54, 1.807) is 4.90 Å². The summed E-state index contributed by atoms with van der Waals surface area (Å²) in [5.74, 6) is -0.822. The second-order valence-electron chi connectivity index (χ2n) is 5.48. The first-order valence-electron chi connectivity index (χ1n) is 7.20. The fourth-order valence-corrected chi connectivity index (χ4v) is 2.57. The van der Waals surface area contributed by atoms with E-state index in [1.807, 2.05) is 30.3 Å². The molecule has 2 N–H and O–H groups in total. The maximum Gasteiger partial charge on any atom is 0.414 e. The maximum atomic E-state index is 12.5. The lowest BCUT2D eigenvalue weighted by molar-refractivity contribution is -0.235. The lowest BCUT2D eigenvalue weighted by Crippen LogP contribution is -2.47. The molecule has 0 spiro atoms. The summed E-state index contributed by atoms with van der Waals surface area (Å²) in [6.45, 7) is 0.745. The smallest absolute Gasteiger partial charge is 0.383 e. The van der Waals surface area contributed by atoms with Gasteiger partial charge in [0.05, 0.1) is 6.61 Å². The minimum atomic E-state index is -4.59. The van der Waals surface area contributed by atoms with Crippen LogP contribution in [0.1, 0.15) is 18.4 Å². The molecule has 1 aromatic rings. The molecule has 1 aliphatic heterocycles. The minimum Gasteiger partial charge on any atom is -0.383 e. The van der Waals surface area contributed by atoms with E-state index in [4.69, 9.17) is 4.74 Å². The lowest BCUT2D eigenvalue weighted by Gasteiger charge is -2.36. The molecular formula is C15H20F3NO3. The molecule has 1 saturated heterocycles. The molecule has 22 heavy (non-hydrogen) atoms. The average Bonchev–Trinajstić information content (AvgIpc) is 2.52. The van der Waals surface area contributed by atoms with Crippen molar-refractivity contribution in [3.8, 4) is 0 Å². The van der Waals surface area contributed by atoms with Gasteiger partial charge in [0.2, 0.25) is 6.41 Å². The summed E-state index contributed by atoms with van der Waals surface area (Å²) >= 11 is 0. The third-order valence-corrected chi connectivity index (χ3v) is 3.91. The molecule has 124 valence electrons. The Kier molecular flexibility index (Phi) is 5.80. The van der Waals surface area contributed by atoms with Crippen molar-refractivity contribution in [3.05, 3.63) is 35.9 Å². The van der Waals surface area contributed by atoms with Crippen LogP contribution in [0.5, 0.6) is 0 Å². The van der Waals surface area contributed by atoms with E-state index in [9.17, 15) is 23.4 Å². The van der Waals surface area contributed by atoms with Crippen molar-refractivity contribution >= 4 is 0 Å². The van der Waals surface area contributed by atoms with Gasteiger partial charge in [0.25, 0.3) is 0 Å². The van der Waals surface area contributed by atoms with E-state index in [0.717, 1.165) is 5.56 Å². The van der Waals surface area contributed by atoms with E-state index in [2.05, 4.69) is 0 Å². The Labute approximate surface area is 127 Å². The van der Waals surface area contributed by atoms with Gasteiger partial charge in [-0.3, -0.25) is 4.90 Å². The molecule has 4 nitrogen and oxygen atoms in total. The molecule has 0 saturated carbocycles. The van der Waals surface area contributed by atoms with Crippen LogP contribution in [0.3, 0.4) is 0 Å². The van der Waals surface area contributed by atoms with Crippen LogP contribution in [-0.2, 0) is 11.3 Å². The number of hydrogen-bond acceptors (Lipinski definition) is 4. The second-order valence-corrected chi connectivity index (χ2v) is 5.48. The highest BCUT2D eigenvalue weighted by molar-refractivity contribution is 5.13. The predicted molar refractivity (Wildman–Crippen MR) is 73.6 cm³/mol. The van der Waals surface area contributed by atoms with Crippen LogP contribution in [0.4, 0.5) is 13.2 Å². The summed E-state index contributed by atoms with van der Waals surface area (Å²) in [7, 11) is 0. The summed E-state index contributed by atoms with van der Waals surface area (Å²) in [5, 5.41) is 19.2. The zero-order valence-electron chi connectivity index (χ0n) is 12.0. The third-order valence-electron chi connectivity index (χ3n) is 3.91. The molecule has 1 heterocycles. The Bertz CT molecular complexity index is 447. The van der Waals surface area contributed by atoms with E-state index >= 15 is 0 Å². The van der Waals surface area contributed by atoms with Gasteiger partial charge in [0, 0.05) is 13.1 Å². The number of nitrogens with zero attached hydrogens (tertiary/aromatic N) is 1. The highest BCUT2D eigenvalue weighted by Gasteiger charge is 2.44. The number of aliphatic hydroxyl groups is 2. The Morgan fingerprint density at radius 2 is 1.73 bits per heavy atom. The first-order chi connectivity index (χ1) is 10.4. The number of likely N-dealkylation sites (tertiary alicyclic amines) is 1. The first-order valence-corrected chi connectivity index (χ1v) is 7.20. The SMILES string of the molecule is OC(OCc1ccccc1)N1CCC(C(O)C(F)(F)F)CC1.